The summed E-state index contributed by atoms with van der Waals surface area (Å²) in [6.45, 7) is 3.56. The van der Waals surface area contributed by atoms with Crippen LogP contribution in [0.4, 0.5) is 5.82 Å². The minimum Gasteiger partial charge on any atom is -0.508 e. The van der Waals surface area contributed by atoms with E-state index in [2.05, 4.69) is 9.88 Å². The number of pyridine rings is 1. The highest BCUT2D eigenvalue weighted by atomic mass is 16.3. The average Bonchev–Trinajstić information content (AvgIpc) is 2.87. The number of aliphatic hydroxyl groups excluding tert-OH is 1. The Labute approximate surface area is 112 Å². The molecule has 0 amide bonds. The fraction of sp³-hybridized carbons (Fsp3) is 0.400. The number of aromatic hydroxyl groups is 1. The van der Waals surface area contributed by atoms with Crippen LogP contribution in [0, 0.1) is 5.92 Å². The van der Waals surface area contributed by atoms with Gasteiger partial charge in [-0.05, 0) is 36.9 Å². The third-order valence-corrected chi connectivity index (χ3v) is 3.94. The second-order valence-electron chi connectivity index (χ2n) is 5.28. The molecule has 1 aliphatic heterocycles. The van der Waals surface area contributed by atoms with E-state index in [0.717, 1.165) is 36.1 Å². The van der Waals surface area contributed by atoms with E-state index in [1.807, 2.05) is 19.1 Å². The number of aliphatic hydroxyl groups is 1. The van der Waals surface area contributed by atoms with Gasteiger partial charge in [0.1, 0.15) is 11.6 Å². The van der Waals surface area contributed by atoms with Crippen molar-refractivity contribution in [1.29, 1.82) is 0 Å². The van der Waals surface area contributed by atoms with Crippen molar-refractivity contribution in [3.05, 3.63) is 30.5 Å². The zero-order chi connectivity index (χ0) is 13.4. The van der Waals surface area contributed by atoms with Gasteiger partial charge in [-0.15, -0.1) is 0 Å². The van der Waals surface area contributed by atoms with Gasteiger partial charge in [0, 0.05) is 30.6 Å². The van der Waals surface area contributed by atoms with Gasteiger partial charge in [-0.25, -0.2) is 4.98 Å². The van der Waals surface area contributed by atoms with E-state index in [4.69, 9.17) is 0 Å². The number of phenols is 1. The van der Waals surface area contributed by atoms with Gasteiger partial charge in [0.2, 0.25) is 0 Å². The Morgan fingerprint density at radius 2 is 2.21 bits per heavy atom. The maximum atomic E-state index is 9.69. The third-order valence-electron chi connectivity index (χ3n) is 3.94. The summed E-state index contributed by atoms with van der Waals surface area (Å²) in [6.07, 6.45) is 2.49. The van der Waals surface area contributed by atoms with Crippen molar-refractivity contribution in [3.63, 3.8) is 0 Å². The van der Waals surface area contributed by atoms with E-state index < -0.39 is 0 Å². The Kier molecular flexibility index (Phi) is 3.03. The van der Waals surface area contributed by atoms with E-state index in [1.54, 1.807) is 18.3 Å². The molecule has 2 aromatic rings. The molecule has 3 rings (SSSR count). The number of hydrogen-bond donors (Lipinski definition) is 2. The zero-order valence-corrected chi connectivity index (χ0v) is 11.0. The topological polar surface area (TPSA) is 56.6 Å². The van der Waals surface area contributed by atoms with E-state index in [9.17, 15) is 10.2 Å². The van der Waals surface area contributed by atoms with Crippen LogP contribution in [-0.4, -0.2) is 34.4 Å². The maximum Gasteiger partial charge on any atom is 0.136 e. The largest absolute Gasteiger partial charge is 0.508 e. The SMILES string of the molecule is CC(O)C1CCN(c2nccc3ccc(O)cc23)C1. The number of aromatic nitrogens is 1. The molecule has 0 radical (unpaired) electrons. The number of fused-ring (bicyclic) bond motifs is 1. The van der Waals surface area contributed by atoms with Crippen molar-refractivity contribution in [2.45, 2.75) is 19.4 Å². The van der Waals surface area contributed by atoms with E-state index in [-0.39, 0.29) is 11.9 Å². The Bertz CT molecular complexity index is 598. The molecule has 0 spiro atoms. The summed E-state index contributed by atoms with van der Waals surface area (Å²) in [5.41, 5.74) is 0. The van der Waals surface area contributed by atoms with Crippen LogP contribution in [0.2, 0.25) is 0 Å². The number of phenolic OH excluding ortho intramolecular Hbond substituents is 1. The molecular weight excluding hydrogens is 240 g/mol. The van der Waals surface area contributed by atoms with Crippen molar-refractivity contribution in [2.24, 2.45) is 5.92 Å². The number of rotatable bonds is 2. The highest BCUT2D eigenvalue weighted by molar-refractivity contribution is 5.93. The van der Waals surface area contributed by atoms with E-state index in [1.165, 1.54) is 0 Å². The summed E-state index contributed by atoms with van der Waals surface area (Å²) >= 11 is 0. The predicted molar refractivity (Wildman–Crippen MR) is 75.4 cm³/mol. The lowest BCUT2D eigenvalue weighted by Gasteiger charge is -2.20. The fourth-order valence-electron chi connectivity index (χ4n) is 2.77. The van der Waals surface area contributed by atoms with Gasteiger partial charge in [-0.3, -0.25) is 0 Å². The lowest BCUT2D eigenvalue weighted by atomic mass is 10.0. The van der Waals surface area contributed by atoms with E-state index in [0.29, 0.717) is 5.92 Å². The summed E-state index contributed by atoms with van der Waals surface area (Å²) in [7, 11) is 0. The normalized spacial score (nSPS) is 20.9. The highest BCUT2D eigenvalue weighted by Crippen LogP contribution is 2.31. The van der Waals surface area contributed by atoms with Gasteiger partial charge in [0.15, 0.2) is 0 Å². The van der Waals surface area contributed by atoms with Gasteiger partial charge in [-0.2, -0.15) is 0 Å². The summed E-state index contributed by atoms with van der Waals surface area (Å²) in [5, 5.41) is 21.4. The van der Waals surface area contributed by atoms with Crippen LogP contribution >= 0.6 is 0 Å². The minimum atomic E-state index is -0.284. The van der Waals surface area contributed by atoms with Crippen LogP contribution in [0.5, 0.6) is 5.75 Å². The summed E-state index contributed by atoms with van der Waals surface area (Å²) < 4.78 is 0. The summed E-state index contributed by atoms with van der Waals surface area (Å²) in [5.74, 6) is 1.46. The lowest BCUT2D eigenvalue weighted by Crippen LogP contribution is -2.24. The first-order valence-electron chi connectivity index (χ1n) is 6.66. The Morgan fingerprint density at radius 3 is 2.95 bits per heavy atom. The molecular formula is C15H18N2O2. The number of benzene rings is 1. The van der Waals surface area contributed by atoms with Crippen molar-refractivity contribution in [1.82, 2.24) is 4.98 Å². The molecule has 0 aliphatic carbocycles. The van der Waals surface area contributed by atoms with Crippen LogP contribution in [0.15, 0.2) is 30.5 Å². The van der Waals surface area contributed by atoms with Crippen molar-refractivity contribution >= 4 is 16.6 Å². The van der Waals surface area contributed by atoms with Gasteiger partial charge in [-0.1, -0.05) is 6.07 Å². The van der Waals surface area contributed by atoms with E-state index >= 15 is 0 Å². The Hall–Kier alpha value is -1.81. The second-order valence-corrected chi connectivity index (χ2v) is 5.28. The lowest BCUT2D eigenvalue weighted by molar-refractivity contribution is 0.136. The van der Waals surface area contributed by atoms with Crippen LogP contribution in [0.1, 0.15) is 13.3 Å². The smallest absolute Gasteiger partial charge is 0.136 e. The van der Waals surface area contributed by atoms with Crippen LogP contribution in [-0.2, 0) is 0 Å². The van der Waals surface area contributed by atoms with Gasteiger partial charge in [0.25, 0.3) is 0 Å². The van der Waals surface area contributed by atoms with Crippen LogP contribution in [0.3, 0.4) is 0 Å². The number of hydrogen-bond acceptors (Lipinski definition) is 4. The van der Waals surface area contributed by atoms with Crippen molar-refractivity contribution < 1.29 is 10.2 Å². The monoisotopic (exact) mass is 258 g/mol. The molecule has 0 saturated carbocycles. The first kappa shape index (κ1) is 12.2. The molecule has 1 aromatic heterocycles. The fourth-order valence-corrected chi connectivity index (χ4v) is 2.77. The Morgan fingerprint density at radius 1 is 1.37 bits per heavy atom. The van der Waals surface area contributed by atoms with Gasteiger partial charge >= 0.3 is 0 Å². The molecule has 1 saturated heterocycles. The van der Waals surface area contributed by atoms with Crippen molar-refractivity contribution in [3.8, 4) is 5.75 Å². The standard InChI is InChI=1S/C15H18N2O2/c1-10(18)12-5-7-17(9-12)15-14-8-13(19)3-2-11(14)4-6-16-15/h2-4,6,8,10,12,18-19H,5,7,9H2,1H3. The summed E-state index contributed by atoms with van der Waals surface area (Å²) in [6, 6.07) is 7.29. The predicted octanol–water partition coefficient (Wildman–Crippen LogP) is 2.15. The first-order valence-corrected chi connectivity index (χ1v) is 6.66. The number of anilines is 1. The molecule has 1 fully saturated rings. The third kappa shape index (κ3) is 2.24. The second kappa shape index (κ2) is 4.70. The average molecular weight is 258 g/mol. The molecule has 100 valence electrons. The molecule has 1 aromatic carbocycles. The molecule has 19 heavy (non-hydrogen) atoms. The first-order chi connectivity index (χ1) is 9.15. The molecule has 0 bridgehead atoms. The molecule has 4 nitrogen and oxygen atoms in total. The maximum absolute atomic E-state index is 9.69. The van der Waals surface area contributed by atoms with Crippen LogP contribution < -0.4 is 4.90 Å². The van der Waals surface area contributed by atoms with Crippen LogP contribution in [0.25, 0.3) is 10.8 Å². The zero-order valence-electron chi connectivity index (χ0n) is 11.0. The quantitative estimate of drug-likeness (QED) is 0.866. The number of nitrogens with zero attached hydrogens (tertiary/aromatic N) is 2. The molecule has 2 N–H and O–H groups in total. The van der Waals surface area contributed by atoms with Crippen molar-refractivity contribution in [2.75, 3.05) is 18.0 Å². The minimum absolute atomic E-state index is 0.257. The Balaban J connectivity index is 1.99. The van der Waals surface area contributed by atoms with Gasteiger partial charge in [0.05, 0.1) is 6.10 Å². The molecule has 1 aliphatic rings. The molecule has 2 heterocycles. The molecule has 2 unspecified atom stereocenters. The molecule has 2 atom stereocenters. The summed E-state index contributed by atoms with van der Waals surface area (Å²) in [4.78, 5) is 6.65. The van der Waals surface area contributed by atoms with Gasteiger partial charge < -0.3 is 15.1 Å². The highest BCUT2D eigenvalue weighted by Gasteiger charge is 2.27. The molecule has 4 heteroatoms.